The minimum atomic E-state index is -3.35. The fourth-order valence-electron chi connectivity index (χ4n) is 1.81. The van der Waals surface area contributed by atoms with Crippen LogP contribution in [0.3, 0.4) is 0 Å². The van der Waals surface area contributed by atoms with Gasteiger partial charge < -0.3 is 5.32 Å². The maximum absolute atomic E-state index is 12.1. The number of sulfone groups is 1. The second-order valence-electron chi connectivity index (χ2n) is 4.72. The quantitative estimate of drug-likeness (QED) is 0.912. The average molecular weight is 358 g/mol. The van der Waals surface area contributed by atoms with Crippen LogP contribution in [0.2, 0.25) is 10.0 Å². The highest BCUT2D eigenvalue weighted by atomic mass is 35.5. The molecule has 22 heavy (non-hydrogen) atoms. The molecule has 2 rings (SSSR count). The molecule has 0 aliphatic heterocycles. The van der Waals surface area contributed by atoms with Gasteiger partial charge in [0.05, 0.1) is 4.90 Å². The Morgan fingerprint density at radius 1 is 1.14 bits per heavy atom. The summed E-state index contributed by atoms with van der Waals surface area (Å²) in [5.74, 6) is -0.378. The topological polar surface area (TPSA) is 63.2 Å². The Bertz CT molecular complexity index is 819. The van der Waals surface area contributed by atoms with Crippen LogP contribution in [0.25, 0.3) is 0 Å². The molecule has 0 saturated heterocycles. The second-order valence-corrected chi connectivity index (χ2v) is 7.58. The third kappa shape index (κ3) is 4.22. The molecule has 0 fully saturated rings. The number of halogens is 2. The molecule has 0 aromatic heterocycles. The van der Waals surface area contributed by atoms with Crippen LogP contribution in [0.15, 0.2) is 47.4 Å². The standard InChI is InChI=1S/C15H13Cl2NO3S/c1-22(20,21)13-4-2-3-10(7-13)15(19)18-9-11-5-6-12(16)8-14(11)17/h2-8H,9H2,1H3,(H,18,19). The minimum Gasteiger partial charge on any atom is -0.348 e. The van der Waals surface area contributed by atoms with E-state index in [1.165, 1.54) is 18.2 Å². The number of amides is 1. The molecular weight excluding hydrogens is 345 g/mol. The van der Waals surface area contributed by atoms with Crippen molar-refractivity contribution in [3.05, 3.63) is 63.6 Å². The van der Waals surface area contributed by atoms with E-state index < -0.39 is 9.84 Å². The first kappa shape index (κ1) is 16.8. The Kier molecular flexibility index (Phi) is 5.11. The van der Waals surface area contributed by atoms with Gasteiger partial charge in [-0.1, -0.05) is 35.3 Å². The maximum Gasteiger partial charge on any atom is 0.251 e. The Labute approximate surface area is 139 Å². The summed E-state index contributed by atoms with van der Waals surface area (Å²) in [5, 5.41) is 3.66. The van der Waals surface area contributed by atoms with Gasteiger partial charge in [0.15, 0.2) is 9.84 Å². The predicted octanol–water partition coefficient (Wildman–Crippen LogP) is 3.33. The SMILES string of the molecule is CS(=O)(=O)c1cccc(C(=O)NCc2ccc(Cl)cc2Cl)c1. The van der Waals surface area contributed by atoms with Gasteiger partial charge in [-0.3, -0.25) is 4.79 Å². The normalized spacial score (nSPS) is 11.2. The first-order valence-electron chi connectivity index (χ1n) is 6.29. The lowest BCUT2D eigenvalue weighted by atomic mass is 10.2. The minimum absolute atomic E-state index is 0.102. The van der Waals surface area contributed by atoms with Crippen LogP contribution >= 0.6 is 23.2 Å². The third-order valence-electron chi connectivity index (χ3n) is 2.98. The Balaban J connectivity index is 2.13. The first-order chi connectivity index (χ1) is 10.3. The third-order valence-corrected chi connectivity index (χ3v) is 4.68. The summed E-state index contributed by atoms with van der Waals surface area (Å²) < 4.78 is 23.0. The number of carbonyl (C=O) groups is 1. The number of hydrogen-bond donors (Lipinski definition) is 1. The molecule has 0 saturated carbocycles. The number of rotatable bonds is 4. The molecule has 0 aliphatic carbocycles. The van der Waals surface area contributed by atoms with Crippen LogP contribution in [-0.2, 0) is 16.4 Å². The second kappa shape index (κ2) is 6.69. The van der Waals surface area contributed by atoms with Crippen molar-refractivity contribution in [3.63, 3.8) is 0 Å². The molecule has 1 N–H and O–H groups in total. The van der Waals surface area contributed by atoms with Crippen LogP contribution in [0.1, 0.15) is 15.9 Å². The van der Waals surface area contributed by atoms with Crippen molar-refractivity contribution in [1.29, 1.82) is 0 Å². The highest BCUT2D eigenvalue weighted by molar-refractivity contribution is 7.90. The number of benzene rings is 2. The van der Waals surface area contributed by atoms with Gasteiger partial charge in [0.1, 0.15) is 0 Å². The maximum atomic E-state index is 12.1. The van der Waals surface area contributed by atoms with Crippen LogP contribution < -0.4 is 5.32 Å². The van der Waals surface area contributed by atoms with Crippen molar-refractivity contribution in [2.45, 2.75) is 11.4 Å². The van der Waals surface area contributed by atoms with E-state index in [0.29, 0.717) is 10.0 Å². The Hall–Kier alpha value is -1.56. The monoisotopic (exact) mass is 357 g/mol. The van der Waals surface area contributed by atoms with Gasteiger partial charge in [-0.05, 0) is 35.9 Å². The lowest BCUT2D eigenvalue weighted by Crippen LogP contribution is -2.23. The van der Waals surface area contributed by atoms with Crippen LogP contribution in [-0.4, -0.2) is 20.6 Å². The molecular formula is C15H13Cl2NO3S. The van der Waals surface area contributed by atoms with Crippen molar-refractivity contribution >= 4 is 38.9 Å². The van der Waals surface area contributed by atoms with Crippen molar-refractivity contribution in [3.8, 4) is 0 Å². The van der Waals surface area contributed by atoms with E-state index in [2.05, 4.69) is 5.32 Å². The van der Waals surface area contributed by atoms with Gasteiger partial charge in [0.2, 0.25) is 0 Å². The summed E-state index contributed by atoms with van der Waals surface area (Å²) in [5.41, 5.74) is 0.992. The zero-order valence-corrected chi connectivity index (χ0v) is 14.0. The van der Waals surface area contributed by atoms with E-state index in [0.717, 1.165) is 11.8 Å². The van der Waals surface area contributed by atoms with Crippen LogP contribution in [0.5, 0.6) is 0 Å². The number of carbonyl (C=O) groups excluding carboxylic acids is 1. The molecule has 0 atom stereocenters. The zero-order chi connectivity index (χ0) is 16.3. The molecule has 116 valence electrons. The van der Waals surface area contributed by atoms with Crippen LogP contribution in [0.4, 0.5) is 0 Å². The largest absolute Gasteiger partial charge is 0.348 e. The summed E-state index contributed by atoms with van der Waals surface area (Å²) in [7, 11) is -3.35. The average Bonchev–Trinajstić information content (AvgIpc) is 2.45. The van der Waals surface area contributed by atoms with Crippen molar-refractivity contribution in [2.24, 2.45) is 0 Å². The van der Waals surface area contributed by atoms with E-state index in [9.17, 15) is 13.2 Å². The Morgan fingerprint density at radius 3 is 2.50 bits per heavy atom. The number of nitrogens with one attached hydrogen (secondary N) is 1. The lowest BCUT2D eigenvalue weighted by Gasteiger charge is -2.08. The van der Waals surface area contributed by atoms with Gasteiger partial charge >= 0.3 is 0 Å². The van der Waals surface area contributed by atoms with Gasteiger partial charge in [0.25, 0.3) is 5.91 Å². The van der Waals surface area contributed by atoms with Gasteiger partial charge in [0, 0.05) is 28.4 Å². The van der Waals surface area contributed by atoms with E-state index in [-0.39, 0.29) is 22.9 Å². The molecule has 1 amide bonds. The predicted molar refractivity (Wildman–Crippen MR) is 87.2 cm³/mol. The lowest BCUT2D eigenvalue weighted by molar-refractivity contribution is 0.0950. The van der Waals surface area contributed by atoms with E-state index in [1.807, 2.05) is 0 Å². The fraction of sp³-hybridized carbons (Fsp3) is 0.133. The molecule has 0 unspecified atom stereocenters. The van der Waals surface area contributed by atoms with Gasteiger partial charge in [-0.25, -0.2) is 8.42 Å². The van der Waals surface area contributed by atoms with E-state index in [1.54, 1.807) is 24.3 Å². The van der Waals surface area contributed by atoms with Gasteiger partial charge in [-0.15, -0.1) is 0 Å². The number of hydrogen-bond acceptors (Lipinski definition) is 3. The summed E-state index contributed by atoms with van der Waals surface area (Å²) in [6, 6.07) is 10.9. The summed E-state index contributed by atoms with van der Waals surface area (Å²) >= 11 is 11.8. The Morgan fingerprint density at radius 2 is 1.86 bits per heavy atom. The molecule has 0 heterocycles. The van der Waals surface area contributed by atoms with Crippen molar-refractivity contribution in [1.82, 2.24) is 5.32 Å². The highest BCUT2D eigenvalue weighted by Gasteiger charge is 2.12. The van der Waals surface area contributed by atoms with E-state index >= 15 is 0 Å². The molecule has 2 aromatic rings. The molecule has 0 bridgehead atoms. The summed E-state index contributed by atoms with van der Waals surface area (Å²) in [4.78, 5) is 12.2. The molecule has 4 nitrogen and oxygen atoms in total. The van der Waals surface area contributed by atoms with Crippen molar-refractivity contribution < 1.29 is 13.2 Å². The molecule has 2 aromatic carbocycles. The van der Waals surface area contributed by atoms with Gasteiger partial charge in [-0.2, -0.15) is 0 Å². The summed E-state index contributed by atoms with van der Waals surface area (Å²) in [6.45, 7) is 0.220. The van der Waals surface area contributed by atoms with Crippen molar-refractivity contribution in [2.75, 3.05) is 6.26 Å². The summed E-state index contributed by atoms with van der Waals surface area (Å²) in [6.07, 6.45) is 1.09. The zero-order valence-electron chi connectivity index (χ0n) is 11.6. The van der Waals surface area contributed by atoms with Crippen LogP contribution in [0, 0.1) is 0 Å². The molecule has 0 spiro atoms. The molecule has 0 aliphatic rings. The molecule has 0 radical (unpaired) electrons. The fourth-order valence-corrected chi connectivity index (χ4v) is 2.95. The highest BCUT2D eigenvalue weighted by Crippen LogP contribution is 2.21. The first-order valence-corrected chi connectivity index (χ1v) is 8.94. The smallest absolute Gasteiger partial charge is 0.251 e. The molecule has 7 heteroatoms. The van der Waals surface area contributed by atoms with E-state index in [4.69, 9.17) is 23.2 Å².